The molecule has 96 valence electrons. The van der Waals surface area contributed by atoms with Crippen molar-refractivity contribution in [1.82, 2.24) is 5.32 Å². The maximum absolute atomic E-state index is 3.46. The van der Waals surface area contributed by atoms with E-state index in [0.29, 0.717) is 6.04 Å². The third-order valence-corrected chi connectivity index (χ3v) is 4.53. The first-order chi connectivity index (χ1) is 8.74. The van der Waals surface area contributed by atoms with Gasteiger partial charge < -0.3 is 5.32 Å². The molecular formula is C16H21NS. The van der Waals surface area contributed by atoms with Crippen molar-refractivity contribution in [1.29, 1.82) is 0 Å². The molecule has 1 aromatic heterocycles. The summed E-state index contributed by atoms with van der Waals surface area (Å²) < 4.78 is 0. The number of nitrogens with one attached hydrogen (secondary N) is 1. The second-order valence-electron chi connectivity index (χ2n) is 4.53. The summed E-state index contributed by atoms with van der Waals surface area (Å²) in [6.45, 7) is 7.57. The van der Waals surface area contributed by atoms with E-state index in [1.165, 1.54) is 20.9 Å². The van der Waals surface area contributed by atoms with Gasteiger partial charge in [-0.1, -0.05) is 38.1 Å². The van der Waals surface area contributed by atoms with Crippen LogP contribution in [0.4, 0.5) is 0 Å². The van der Waals surface area contributed by atoms with Gasteiger partial charge in [0.1, 0.15) is 0 Å². The number of hydrogen-bond acceptors (Lipinski definition) is 2. The molecule has 1 heterocycles. The number of thiophene rings is 1. The van der Waals surface area contributed by atoms with Gasteiger partial charge in [0.15, 0.2) is 0 Å². The fraction of sp³-hybridized carbons (Fsp3) is 0.375. The minimum absolute atomic E-state index is 0.448. The van der Waals surface area contributed by atoms with E-state index in [1.54, 1.807) is 0 Å². The molecule has 0 aliphatic heterocycles. The highest BCUT2D eigenvalue weighted by Gasteiger charge is 2.08. The second kappa shape index (κ2) is 6.17. The highest BCUT2D eigenvalue weighted by Crippen LogP contribution is 2.31. The number of benzene rings is 1. The summed E-state index contributed by atoms with van der Waals surface area (Å²) in [4.78, 5) is 2.77. The smallest absolute Gasteiger partial charge is 0.0386 e. The summed E-state index contributed by atoms with van der Waals surface area (Å²) in [5.41, 5.74) is 2.73. The molecule has 0 saturated carbocycles. The van der Waals surface area contributed by atoms with E-state index >= 15 is 0 Å². The summed E-state index contributed by atoms with van der Waals surface area (Å²) in [6.07, 6.45) is 1.10. The first-order valence-electron chi connectivity index (χ1n) is 6.67. The van der Waals surface area contributed by atoms with Crippen LogP contribution < -0.4 is 5.32 Å². The Kier molecular flexibility index (Phi) is 4.56. The molecule has 0 spiro atoms. The lowest BCUT2D eigenvalue weighted by atomic mass is 10.1. The van der Waals surface area contributed by atoms with E-state index in [2.05, 4.69) is 62.5 Å². The monoisotopic (exact) mass is 259 g/mol. The lowest BCUT2D eigenvalue weighted by Gasteiger charge is -2.09. The number of rotatable bonds is 5. The number of aryl methyl sites for hydroxylation is 1. The maximum atomic E-state index is 3.46. The van der Waals surface area contributed by atoms with Crippen LogP contribution in [0, 0.1) is 0 Å². The first kappa shape index (κ1) is 13.3. The van der Waals surface area contributed by atoms with E-state index in [-0.39, 0.29) is 0 Å². The maximum Gasteiger partial charge on any atom is 0.0386 e. The van der Waals surface area contributed by atoms with Crippen LogP contribution in [-0.4, -0.2) is 6.54 Å². The van der Waals surface area contributed by atoms with Crippen LogP contribution in [0.25, 0.3) is 10.4 Å². The quantitative estimate of drug-likeness (QED) is 0.824. The minimum Gasteiger partial charge on any atom is -0.310 e. The van der Waals surface area contributed by atoms with Crippen molar-refractivity contribution < 1.29 is 0 Å². The van der Waals surface area contributed by atoms with Crippen LogP contribution in [0.2, 0.25) is 0 Å². The molecular weight excluding hydrogens is 238 g/mol. The van der Waals surface area contributed by atoms with Gasteiger partial charge in [-0.3, -0.25) is 0 Å². The summed E-state index contributed by atoms with van der Waals surface area (Å²) in [6, 6.07) is 13.8. The molecule has 1 nitrogen and oxygen atoms in total. The van der Waals surface area contributed by atoms with Crippen LogP contribution in [0.1, 0.15) is 37.3 Å². The Bertz CT molecular complexity index is 484. The van der Waals surface area contributed by atoms with Gasteiger partial charge in [-0.2, -0.15) is 0 Å². The summed E-state index contributed by atoms with van der Waals surface area (Å²) in [7, 11) is 0. The average Bonchev–Trinajstić information content (AvgIpc) is 2.89. The van der Waals surface area contributed by atoms with Crippen molar-refractivity contribution in [3.8, 4) is 10.4 Å². The number of hydrogen-bond donors (Lipinski definition) is 1. The second-order valence-corrected chi connectivity index (χ2v) is 5.65. The Morgan fingerprint density at radius 1 is 1.06 bits per heavy atom. The van der Waals surface area contributed by atoms with Crippen LogP contribution >= 0.6 is 11.3 Å². The fourth-order valence-electron chi connectivity index (χ4n) is 2.05. The van der Waals surface area contributed by atoms with Gasteiger partial charge in [-0.25, -0.2) is 0 Å². The summed E-state index contributed by atoms with van der Waals surface area (Å²) in [5, 5.41) is 3.46. The van der Waals surface area contributed by atoms with Gasteiger partial charge in [-0.15, -0.1) is 11.3 Å². The van der Waals surface area contributed by atoms with Crippen molar-refractivity contribution in [2.45, 2.75) is 33.2 Å². The largest absolute Gasteiger partial charge is 0.310 e. The van der Waals surface area contributed by atoms with Crippen molar-refractivity contribution in [3.63, 3.8) is 0 Å². The zero-order valence-electron chi connectivity index (χ0n) is 11.4. The highest BCUT2D eigenvalue weighted by atomic mass is 32.1. The van der Waals surface area contributed by atoms with Gasteiger partial charge in [0.2, 0.25) is 0 Å². The van der Waals surface area contributed by atoms with Crippen molar-refractivity contribution >= 4 is 11.3 Å². The van der Waals surface area contributed by atoms with Crippen LogP contribution in [0.3, 0.4) is 0 Å². The first-order valence-corrected chi connectivity index (χ1v) is 7.48. The molecule has 2 heteroatoms. The van der Waals surface area contributed by atoms with Crippen LogP contribution in [0.5, 0.6) is 0 Å². The van der Waals surface area contributed by atoms with Crippen molar-refractivity contribution in [3.05, 3.63) is 46.8 Å². The fourth-order valence-corrected chi connectivity index (χ4v) is 3.09. The van der Waals surface area contributed by atoms with Crippen molar-refractivity contribution in [2.75, 3.05) is 6.54 Å². The topological polar surface area (TPSA) is 12.0 Å². The standard InChI is InChI=1S/C16H21NS/c1-4-13-6-8-14(9-7-13)16-11-10-15(18-16)12(3)17-5-2/h6-12,17H,4-5H2,1-3H3. The molecule has 0 amide bonds. The molecule has 1 atom stereocenters. The summed E-state index contributed by atoms with van der Waals surface area (Å²) in [5.74, 6) is 0. The zero-order valence-corrected chi connectivity index (χ0v) is 12.2. The Hall–Kier alpha value is -1.12. The Labute approximate surface area is 114 Å². The van der Waals surface area contributed by atoms with E-state index in [1.807, 2.05) is 11.3 Å². The van der Waals surface area contributed by atoms with Gasteiger partial charge in [0.05, 0.1) is 0 Å². The highest BCUT2D eigenvalue weighted by molar-refractivity contribution is 7.15. The predicted octanol–water partition coefficient (Wildman–Crippen LogP) is 4.65. The lowest BCUT2D eigenvalue weighted by molar-refractivity contribution is 0.607. The third kappa shape index (κ3) is 3.01. The summed E-state index contributed by atoms with van der Waals surface area (Å²) >= 11 is 1.88. The van der Waals surface area contributed by atoms with Crippen LogP contribution in [-0.2, 0) is 6.42 Å². The third-order valence-electron chi connectivity index (χ3n) is 3.21. The molecule has 0 radical (unpaired) electrons. The SMILES string of the molecule is CCNC(C)c1ccc(-c2ccc(CC)cc2)s1. The Balaban J connectivity index is 2.18. The van der Waals surface area contributed by atoms with Gasteiger partial charge in [-0.05, 0) is 43.1 Å². The molecule has 1 unspecified atom stereocenters. The Morgan fingerprint density at radius 2 is 1.78 bits per heavy atom. The van der Waals surface area contributed by atoms with E-state index < -0.39 is 0 Å². The Morgan fingerprint density at radius 3 is 2.39 bits per heavy atom. The normalized spacial score (nSPS) is 12.6. The molecule has 0 aliphatic rings. The minimum atomic E-state index is 0.448. The predicted molar refractivity (Wildman–Crippen MR) is 81.2 cm³/mol. The lowest BCUT2D eigenvalue weighted by Crippen LogP contribution is -2.16. The molecule has 1 aromatic carbocycles. The molecule has 0 saturated heterocycles. The van der Waals surface area contributed by atoms with Crippen molar-refractivity contribution in [2.24, 2.45) is 0 Å². The molecule has 1 N–H and O–H groups in total. The molecule has 2 rings (SSSR count). The van der Waals surface area contributed by atoms with Gasteiger partial charge >= 0.3 is 0 Å². The molecule has 18 heavy (non-hydrogen) atoms. The molecule has 0 bridgehead atoms. The van der Waals surface area contributed by atoms with Gasteiger partial charge in [0.25, 0.3) is 0 Å². The average molecular weight is 259 g/mol. The molecule has 0 fully saturated rings. The molecule has 2 aromatic rings. The van der Waals surface area contributed by atoms with E-state index in [9.17, 15) is 0 Å². The molecule has 0 aliphatic carbocycles. The van der Waals surface area contributed by atoms with E-state index in [4.69, 9.17) is 0 Å². The van der Waals surface area contributed by atoms with E-state index in [0.717, 1.165) is 13.0 Å². The zero-order chi connectivity index (χ0) is 13.0. The van der Waals surface area contributed by atoms with Gasteiger partial charge in [0, 0.05) is 15.8 Å². The van der Waals surface area contributed by atoms with Crippen LogP contribution in [0.15, 0.2) is 36.4 Å².